The predicted octanol–water partition coefficient (Wildman–Crippen LogP) is 6.79. The number of rotatable bonds is 7. The van der Waals surface area contributed by atoms with Crippen LogP contribution in [0.3, 0.4) is 0 Å². The quantitative estimate of drug-likeness (QED) is 0.391. The van der Waals surface area contributed by atoms with Gasteiger partial charge in [0.25, 0.3) is 0 Å². The van der Waals surface area contributed by atoms with Crippen LogP contribution in [-0.2, 0) is 0 Å². The lowest BCUT2D eigenvalue weighted by molar-refractivity contribution is 1.08. The van der Waals surface area contributed by atoms with Crippen LogP contribution in [0.15, 0.2) is 60.7 Å². The SMILES string of the molecule is [CH]1[CH][CH][C]([P@]([C]2[CH][CH][CH][C]2[C]2[CH][CH][CH][C]2[P@@]([C]2[CH][CH][CH][CH]2)c2ccccc2)c2ccccc2)[CH]1. The van der Waals surface area contributed by atoms with E-state index in [2.05, 4.69) is 151 Å². The lowest BCUT2D eigenvalue weighted by Gasteiger charge is -2.39. The highest BCUT2D eigenvalue weighted by atomic mass is 31.1. The van der Waals surface area contributed by atoms with E-state index in [4.69, 9.17) is 0 Å². The van der Waals surface area contributed by atoms with Crippen LogP contribution in [-0.4, -0.2) is 0 Å². The Morgan fingerprint density at radius 1 is 0.353 bits per heavy atom. The minimum atomic E-state index is -0.621. The Balaban J connectivity index is 1.31. The normalized spacial score (nSPS) is 26.0. The minimum Gasteiger partial charge on any atom is -0.0622 e. The zero-order chi connectivity index (χ0) is 22.7. The highest BCUT2D eigenvalue weighted by Gasteiger charge is 2.50. The van der Waals surface area contributed by atoms with Gasteiger partial charge in [0.15, 0.2) is 0 Å². The molecule has 0 aromatic heterocycles. The molecule has 0 N–H and O–H groups in total. The summed E-state index contributed by atoms with van der Waals surface area (Å²) >= 11 is 0. The Morgan fingerprint density at radius 3 is 1.12 bits per heavy atom. The number of hydrogen-bond acceptors (Lipinski definition) is 0. The van der Waals surface area contributed by atoms with Crippen LogP contribution in [0.4, 0.5) is 0 Å². The molecule has 4 saturated carbocycles. The van der Waals surface area contributed by atoms with Crippen LogP contribution < -0.4 is 10.6 Å². The largest absolute Gasteiger partial charge is 0.0622 e. The first-order valence-electron chi connectivity index (χ1n) is 11.6. The monoisotopic (exact) mass is 470 g/mol. The second-order valence-corrected chi connectivity index (χ2v) is 12.6. The van der Waals surface area contributed by atoms with Crippen LogP contribution in [0.5, 0.6) is 0 Å². The Morgan fingerprint density at radius 2 is 0.735 bits per heavy atom. The van der Waals surface area contributed by atoms with Crippen molar-refractivity contribution in [3.8, 4) is 0 Å². The molecule has 20 radical (unpaired) electrons. The van der Waals surface area contributed by atoms with Gasteiger partial charge in [-0.1, -0.05) is 76.5 Å². The molecule has 0 bridgehead atoms. The first-order chi connectivity index (χ1) is 16.9. The minimum absolute atomic E-state index is 0.621. The summed E-state index contributed by atoms with van der Waals surface area (Å²) in [5.41, 5.74) is 5.68. The second kappa shape index (κ2) is 11.1. The van der Waals surface area contributed by atoms with Gasteiger partial charge in [-0.25, -0.2) is 0 Å². The fourth-order valence-electron chi connectivity index (χ4n) is 4.70. The van der Waals surface area contributed by atoms with Gasteiger partial charge in [0.2, 0.25) is 0 Å². The van der Waals surface area contributed by atoms with E-state index in [-0.39, 0.29) is 0 Å². The third-order valence-electron chi connectivity index (χ3n) is 6.19. The molecule has 4 fully saturated rings. The summed E-state index contributed by atoms with van der Waals surface area (Å²) in [4.78, 5) is 0. The second-order valence-electron chi connectivity index (χ2n) is 8.28. The Bertz CT molecular complexity index is 808. The van der Waals surface area contributed by atoms with Crippen molar-refractivity contribution < 1.29 is 0 Å². The van der Waals surface area contributed by atoms with Gasteiger partial charge >= 0.3 is 0 Å². The maximum absolute atomic E-state index is 2.34. The van der Waals surface area contributed by atoms with Crippen LogP contribution in [0, 0.1) is 124 Å². The van der Waals surface area contributed by atoms with E-state index in [1.54, 1.807) is 0 Å². The van der Waals surface area contributed by atoms with Crippen molar-refractivity contribution in [2.75, 3.05) is 0 Å². The van der Waals surface area contributed by atoms with E-state index in [1.807, 2.05) is 0 Å². The van der Waals surface area contributed by atoms with Gasteiger partial charge in [-0.05, 0) is 112 Å². The van der Waals surface area contributed by atoms with Gasteiger partial charge in [0, 0.05) is 22.6 Å². The molecule has 2 atom stereocenters. The molecule has 2 aromatic carbocycles. The molecule has 0 nitrogen and oxygen atoms in total. The van der Waals surface area contributed by atoms with E-state index in [0.29, 0.717) is 0 Å². The van der Waals surface area contributed by atoms with E-state index in [9.17, 15) is 0 Å². The number of benzene rings is 2. The van der Waals surface area contributed by atoms with Crippen LogP contribution in [0.1, 0.15) is 0 Å². The van der Waals surface area contributed by atoms with Crippen molar-refractivity contribution in [3.63, 3.8) is 0 Å². The van der Waals surface area contributed by atoms with Gasteiger partial charge in [-0.3, -0.25) is 0 Å². The molecule has 0 amide bonds. The number of hydrogen-bond donors (Lipinski definition) is 0. The first-order valence-corrected chi connectivity index (χ1v) is 14.2. The molecular formula is C32H24P2. The molecule has 4 aliphatic carbocycles. The molecule has 0 saturated heterocycles. The van der Waals surface area contributed by atoms with Crippen molar-refractivity contribution in [3.05, 3.63) is 185 Å². The molecule has 2 aromatic rings. The Hall–Kier alpha value is -0.700. The smallest absolute Gasteiger partial charge is 0.0164 e. The topological polar surface area (TPSA) is 0 Å². The fourth-order valence-corrected chi connectivity index (χ4v) is 9.63. The van der Waals surface area contributed by atoms with E-state index in [0.717, 1.165) is 0 Å². The molecule has 0 aliphatic heterocycles. The van der Waals surface area contributed by atoms with Gasteiger partial charge in [0.1, 0.15) is 0 Å². The molecule has 34 heavy (non-hydrogen) atoms. The maximum atomic E-state index is 2.34. The molecule has 0 unspecified atom stereocenters. The van der Waals surface area contributed by atoms with Crippen LogP contribution in [0.25, 0.3) is 0 Å². The summed E-state index contributed by atoms with van der Waals surface area (Å²) in [6.07, 6.45) is 31.5. The average Bonchev–Trinajstić information content (AvgIpc) is 3.69. The van der Waals surface area contributed by atoms with E-state index in [1.165, 1.54) is 45.1 Å². The summed E-state index contributed by atoms with van der Waals surface area (Å²) in [5, 5.41) is 2.79. The third-order valence-corrected chi connectivity index (χ3v) is 11.2. The van der Waals surface area contributed by atoms with E-state index < -0.39 is 15.8 Å². The van der Waals surface area contributed by atoms with Crippen molar-refractivity contribution in [1.82, 2.24) is 0 Å². The van der Waals surface area contributed by atoms with Crippen LogP contribution >= 0.6 is 15.8 Å². The zero-order valence-electron chi connectivity index (χ0n) is 18.8. The van der Waals surface area contributed by atoms with E-state index >= 15 is 0 Å². The molecular weight excluding hydrogens is 446 g/mol. The van der Waals surface area contributed by atoms with Crippen molar-refractivity contribution >= 4 is 26.5 Å². The molecule has 0 heterocycles. The predicted molar refractivity (Wildman–Crippen MR) is 146 cm³/mol. The fraction of sp³-hybridized carbons (Fsp3) is 0. The Labute approximate surface area is 211 Å². The molecule has 0 spiro atoms. The third kappa shape index (κ3) is 4.81. The summed E-state index contributed by atoms with van der Waals surface area (Å²) in [7, 11) is -1.24. The first kappa shape index (κ1) is 23.7. The van der Waals surface area contributed by atoms with Crippen LogP contribution in [0.2, 0.25) is 0 Å². The highest BCUT2D eigenvalue weighted by molar-refractivity contribution is 7.73. The molecule has 6 rings (SSSR count). The summed E-state index contributed by atoms with van der Waals surface area (Å²) < 4.78 is 0. The summed E-state index contributed by atoms with van der Waals surface area (Å²) in [6, 6.07) is 22.0. The Kier molecular flexibility index (Phi) is 7.76. The van der Waals surface area contributed by atoms with Gasteiger partial charge in [-0.2, -0.15) is 0 Å². The summed E-state index contributed by atoms with van der Waals surface area (Å²) in [6.45, 7) is 0. The van der Waals surface area contributed by atoms with Crippen molar-refractivity contribution in [1.29, 1.82) is 0 Å². The maximum Gasteiger partial charge on any atom is 0.0164 e. The van der Waals surface area contributed by atoms with Crippen molar-refractivity contribution in [2.45, 2.75) is 0 Å². The standard InChI is InChI=1S/C32H24P2/c1-3-13-25(14-4-1)33(27-17-7-8-18-27)31-23-11-21-29(31)30-22-12-24-32(30)34(28-19-9-10-20-28)26-15-5-2-6-16-26/h1-24H/t33-,34-/m1/s1. The average molecular weight is 470 g/mol. The molecule has 162 valence electrons. The van der Waals surface area contributed by atoms with Gasteiger partial charge < -0.3 is 0 Å². The lowest BCUT2D eigenvalue weighted by atomic mass is 9.89. The highest BCUT2D eigenvalue weighted by Crippen LogP contribution is 2.72. The zero-order valence-corrected chi connectivity index (χ0v) is 20.5. The molecule has 4 aliphatic rings. The summed E-state index contributed by atoms with van der Waals surface area (Å²) in [5.74, 6) is 2.73. The van der Waals surface area contributed by atoms with Gasteiger partial charge in [0.05, 0.1) is 0 Å². The molecule has 2 heteroatoms. The lowest BCUT2D eigenvalue weighted by Crippen LogP contribution is -2.23. The van der Waals surface area contributed by atoms with Crippen molar-refractivity contribution in [2.24, 2.45) is 0 Å². The van der Waals surface area contributed by atoms with Gasteiger partial charge in [-0.15, -0.1) is 0 Å².